The topological polar surface area (TPSA) is 56.1 Å². The van der Waals surface area contributed by atoms with Crippen LogP contribution in [0.25, 0.3) is 11.3 Å². The summed E-state index contributed by atoms with van der Waals surface area (Å²) in [5, 5.41) is 0. The standard InChI is InChI=1S/C20H15F2NO3S/c21-15-4-3-5-16(10-15)27(25,26)23-11-14(12-24)19(13-8-9-13)20(23)17-6-1-2-7-18(17)22/h1-7,10-13H,8-9H2. The number of carbonyl (C=O) groups is 1. The highest BCUT2D eigenvalue weighted by atomic mass is 32.2. The molecule has 27 heavy (non-hydrogen) atoms. The van der Waals surface area contributed by atoms with E-state index in [4.69, 9.17) is 0 Å². The van der Waals surface area contributed by atoms with Gasteiger partial charge in [-0.05, 0) is 54.7 Å². The molecule has 138 valence electrons. The third kappa shape index (κ3) is 2.98. The summed E-state index contributed by atoms with van der Waals surface area (Å²) in [4.78, 5) is 11.3. The largest absolute Gasteiger partial charge is 0.298 e. The third-order valence-electron chi connectivity index (χ3n) is 4.64. The molecule has 0 spiro atoms. The molecule has 1 aliphatic carbocycles. The van der Waals surface area contributed by atoms with E-state index in [1.807, 2.05) is 0 Å². The molecule has 2 aromatic carbocycles. The Labute approximate surface area is 155 Å². The Morgan fingerprint density at radius 2 is 1.78 bits per heavy atom. The first-order valence-electron chi connectivity index (χ1n) is 8.40. The number of hydrogen-bond acceptors (Lipinski definition) is 3. The Bertz CT molecular complexity index is 1150. The first-order chi connectivity index (χ1) is 12.9. The minimum Gasteiger partial charge on any atom is -0.298 e. The summed E-state index contributed by atoms with van der Waals surface area (Å²) in [5.41, 5.74) is 0.945. The lowest BCUT2D eigenvalue weighted by atomic mass is 10.0. The molecule has 1 aliphatic rings. The summed E-state index contributed by atoms with van der Waals surface area (Å²) in [6, 6.07) is 10.4. The van der Waals surface area contributed by atoms with Crippen molar-refractivity contribution in [2.24, 2.45) is 0 Å². The normalized spacial score (nSPS) is 14.3. The van der Waals surface area contributed by atoms with Crippen molar-refractivity contribution in [3.63, 3.8) is 0 Å². The lowest BCUT2D eigenvalue weighted by molar-refractivity contribution is 0.112. The number of halogens is 2. The Kier molecular flexibility index (Phi) is 4.19. The Hall–Kier alpha value is -2.80. The fraction of sp³-hybridized carbons (Fsp3) is 0.150. The van der Waals surface area contributed by atoms with Crippen molar-refractivity contribution in [2.75, 3.05) is 0 Å². The van der Waals surface area contributed by atoms with Crippen LogP contribution in [0.5, 0.6) is 0 Å². The van der Waals surface area contributed by atoms with Crippen LogP contribution in [-0.4, -0.2) is 18.7 Å². The molecule has 4 rings (SSSR count). The van der Waals surface area contributed by atoms with E-state index in [1.165, 1.54) is 36.5 Å². The molecular formula is C20H15F2NO3S. The molecule has 0 radical (unpaired) electrons. The van der Waals surface area contributed by atoms with Crippen molar-refractivity contribution >= 4 is 16.3 Å². The van der Waals surface area contributed by atoms with Crippen LogP contribution in [0.1, 0.15) is 34.7 Å². The summed E-state index contributed by atoms with van der Waals surface area (Å²) in [5.74, 6) is -1.29. The SMILES string of the molecule is O=Cc1cn(S(=O)(=O)c2cccc(F)c2)c(-c2ccccc2F)c1C1CC1. The molecule has 4 nitrogen and oxygen atoms in total. The first-order valence-corrected chi connectivity index (χ1v) is 9.84. The van der Waals surface area contributed by atoms with Gasteiger partial charge in [0.25, 0.3) is 10.0 Å². The lowest BCUT2D eigenvalue weighted by Crippen LogP contribution is -2.14. The van der Waals surface area contributed by atoms with Crippen molar-refractivity contribution in [1.82, 2.24) is 3.97 Å². The van der Waals surface area contributed by atoms with Gasteiger partial charge in [-0.2, -0.15) is 0 Å². The first kappa shape index (κ1) is 17.6. The smallest absolute Gasteiger partial charge is 0.268 e. The van der Waals surface area contributed by atoms with E-state index in [0.717, 1.165) is 28.9 Å². The van der Waals surface area contributed by atoms with Crippen molar-refractivity contribution in [1.29, 1.82) is 0 Å². The zero-order valence-corrected chi connectivity index (χ0v) is 14.9. The Balaban J connectivity index is 2.04. The molecule has 1 heterocycles. The molecule has 0 amide bonds. The van der Waals surface area contributed by atoms with Crippen molar-refractivity contribution in [3.8, 4) is 11.3 Å². The van der Waals surface area contributed by atoms with Crippen LogP contribution >= 0.6 is 0 Å². The number of carbonyl (C=O) groups excluding carboxylic acids is 1. The highest BCUT2D eigenvalue weighted by Gasteiger charge is 2.35. The minimum atomic E-state index is -4.22. The molecule has 0 saturated heterocycles. The number of aldehydes is 1. The van der Waals surface area contributed by atoms with Crippen molar-refractivity contribution < 1.29 is 22.0 Å². The number of hydrogen-bond donors (Lipinski definition) is 0. The zero-order valence-electron chi connectivity index (χ0n) is 14.1. The fourth-order valence-electron chi connectivity index (χ4n) is 3.26. The fourth-order valence-corrected chi connectivity index (χ4v) is 4.69. The molecule has 0 atom stereocenters. The maximum absolute atomic E-state index is 14.5. The van der Waals surface area contributed by atoms with Crippen LogP contribution in [0.3, 0.4) is 0 Å². The molecule has 0 unspecified atom stereocenters. The van der Waals surface area contributed by atoms with Crippen molar-refractivity contribution in [2.45, 2.75) is 23.7 Å². The van der Waals surface area contributed by atoms with Crippen LogP contribution in [0.2, 0.25) is 0 Å². The molecule has 7 heteroatoms. The number of nitrogens with zero attached hydrogens (tertiary/aromatic N) is 1. The van der Waals surface area contributed by atoms with Gasteiger partial charge in [0.05, 0.1) is 10.6 Å². The summed E-state index contributed by atoms with van der Waals surface area (Å²) in [7, 11) is -4.22. The minimum absolute atomic E-state index is 0.00349. The summed E-state index contributed by atoms with van der Waals surface area (Å²) in [6.45, 7) is 0. The van der Waals surface area contributed by atoms with E-state index >= 15 is 0 Å². The third-order valence-corrected chi connectivity index (χ3v) is 6.29. The van der Waals surface area contributed by atoms with Crippen LogP contribution in [0, 0.1) is 11.6 Å². The number of rotatable bonds is 5. The molecule has 1 fully saturated rings. The Morgan fingerprint density at radius 3 is 2.41 bits per heavy atom. The average molecular weight is 387 g/mol. The summed E-state index contributed by atoms with van der Waals surface area (Å²) in [6.07, 6.45) is 3.37. The maximum Gasteiger partial charge on any atom is 0.268 e. The summed E-state index contributed by atoms with van der Waals surface area (Å²) >= 11 is 0. The van der Waals surface area contributed by atoms with E-state index in [2.05, 4.69) is 0 Å². The molecule has 0 aliphatic heterocycles. The second-order valence-corrected chi connectivity index (χ2v) is 8.29. The van der Waals surface area contributed by atoms with Crippen molar-refractivity contribution in [3.05, 3.63) is 77.5 Å². The molecule has 0 N–H and O–H groups in total. The Morgan fingerprint density at radius 1 is 1.04 bits per heavy atom. The quantitative estimate of drug-likeness (QED) is 0.611. The lowest BCUT2D eigenvalue weighted by Gasteiger charge is -2.13. The molecular weight excluding hydrogens is 372 g/mol. The highest BCUT2D eigenvalue weighted by molar-refractivity contribution is 7.90. The molecule has 3 aromatic rings. The summed E-state index contributed by atoms with van der Waals surface area (Å²) < 4.78 is 55.4. The second kappa shape index (κ2) is 6.42. The van der Waals surface area contributed by atoms with E-state index in [9.17, 15) is 22.0 Å². The van der Waals surface area contributed by atoms with Gasteiger partial charge in [0.1, 0.15) is 11.6 Å². The van der Waals surface area contributed by atoms with Gasteiger partial charge in [-0.15, -0.1) is 0 Å². The predicted octanol–water partition coefficient (Wildman–Crippen LogP) is 4.36. The maximum atomic E-state index is 14.5. The van der Waals surface area contributed by atoms with Gasteiger partial charge in [-0.3, -0.25) is 4.79 Å². The monoisotopic (exact) mass is 387 g/mol. The van der Waals surface area contributed by atoms with Gasteiger partial charge >= 0.3 is 0 Å². The van der Waals surface area contributed by atoms with Crippen LogP contribution in [-0.2, 0) is 10.0 Å². The van der Waals surface area contributed by atoms with Gasteiger partial charge in [-0.25, -0.2) is 21.2 Å². The van der Waals surface area contributed by atoms with E-state index in [1.54, 1.807) is 6.07 Å². The molecule has 1 aromatic heterocycles. The van der Waals surface area contributed by atoms with Gasteiger partial charge in [0, 0.05) is 17.3 Å². The second-order valence-electron chi connectivity index (χ2n) is 6.48. The predicted molar refractivity (Wildman–Crippen MR) is 96.2 cm³/mol. The van der Waals surface area contributed by atoms with Crippen LogP contribution in [0.15, 0.2) is 59.6 Å². The molecule has 1 saturated carbocycles. The zero-order chi connectivity index (χ0) is 19.2. The van der Waals surface area contributed by atoms with Gasteiger partial charge in [0.15, 0.2) is 6.29 Å². The molecule has 0 bridgehead atoms. The van der Waals surface area contributed by atoms with E-state index in [0.29, 0.717) is 11.8 Å². The highest BCUT2D eigenvalue weighted by Crippen LogP contribution is 2.47. The van der Waals surface area contributed by atoms with E-state index < -0.39 is 21.7 Å². The number of aromatic nitrogens is 1. The van der Waals surface area contributed by atoms with Gasteiger partial charge in [-0.1, -0.05) is 18.2 Å². The van der Waals surface area contributed by atoms with Gasteiger partial charge in [0.2, 0.25) is 0 Å². The van der Waals surface area contributed by atoms with Gasteiger partial charge < -0.3 is 0 Å². The van der Waals surface area contributed by atoms with Crippen LogP contribution < -0.4 is 0 Å². The average Bonchev–Trinajstić information content (AvgIpc) is 3.41. The van der Waals surface area contributed by atoms with Crippen LogP contribution in [0.4, 0.5) is 8.78 Å². The number of benzene rings is 2. The van der Waals surface area contributed by atoms with E-state index in [-0.39, 0.29) is 27.6 Å².